The molecule has 3 heteroatoms. The number of hydrogen-bond acceptors (Lipinski definition) is 2. The highest BCUT2D eigenvalue weighted by Crippen LogP contribution is 2.33. The molecule has 13 heavy (non-hydrogen) atoms. The molecule has 1 aliphatic rings. The summed E-state index contributed by atoms with van der Waals surface area (Å²) in [6, 6.07) is 0. The van der Waals surface area contributed by atoms with Crippen molar-refractivity contribution in [1.29, 1.82) is 0 Å². The van der Waals surface area contributed by atoms with Gasteiger partial charge in [0, 0.05) is 11.5 Å². The third-order valence-electron chi connectivity index (χ3n) is 3.18. The average molecular weight is 184 g/mol. The molecular formula is C10H20N2O. The predicted octanol–water partition coefficient (Wildman–Crippen LogP) is 1.02. The molecule has 0 unspecified atom stereocenters. The van der Waals surface area contributed by atoms with Crippen LogP contribution in [0, 0.1) is 11.8 Å². The van der Waals surface area contributed by atoms with Crippen LogP contribution in [0.1, 0.15) is 39.5 Å². The van der Waals surface area contributed by atoms with Crippen molar-refractivity contribution in [1.82, 2.24) is 0 Å². The molecule has 0 aromatic heterocycles. The monoisotopic (exact) mass is 184 g/mol. The molecule has 1 aliphatic carbocycles. The topological polar surface area (TPSA) is 69.1 Å². The Bertz CT molecular complexity index is 188. The van der Waals surface area contributed by atoms with Crippen molar-refractivity contribution in [3.63, 3.8) is 0 Å². The van der Waals surface area contributed by atoms with Crippen LogP contribution in [-0.2, 0) is 4.79 Å². The number of nitrogens with two attached hydrogens (primary N) is 2. The van der Waals surface area contributed by atoms with Gasteiger partial charge in [-0.15, -0.1) is 0 Å². The predicted molar refractivity (Wildman–Crippen MR) is 52.9 cm³/mol. The fourth-order valence-corrected chi connectivity index (χ4v) is 2.12. The van der Waals surface area contributed by atoms with Crippen LogP contribution in [0.5, 0.6) is 0 Å². The highest BCUT2D eigenvalue weighted by atomic mass is 16.1. The average Bonchev–Trinajstić information content (AvgIpc) is 2.03. The van der Waals surface area contributed by atoms with Gasteiger partial charge in [0.15, 0.2) is 0 Å². The van der Waals surface area contributed by atoms with Crippen molar-refractivity contribution >= 4 is 5.91 Å². The first-order chi connectivity index (χ1) is 5.91. The summed E-state index contributed by atoms with van der Waals surface area (Å²) in [7, 11) is 0. The largest absolute Gasteiger partial charge is 0.369 e. The first-order valence-electron chi connectivity index (χ1n) is 4.99. The lowest BCUT2D eigenvalue weighted by atomic mass is 9.73. The van der Waals surface area contributed by atoms with Crippen LogP contribution in [-0.4, -0.2) is 11.4 Å². The molecule has 0 heterocycles. The highest BCUT2D eigenvalue weighted by molar-refractivity contribution is 5.76. The molecule has 1 rings (SSSR count). The molecule has 76 valence electrons. The number of primary amides is 1. The summed E-state index contributed by atoms with van der Waals surface area (Å²) in [5.74, 6) is 0.495. The van der Waals surface area contributed by atoms with Gasteiger partial charge < -0.3 is 11.5 Å². The Hall–Kier alpha value is -0.570. The van der Waals surface area contributed by atoms with Crippen LogP contribution in [0.15, 0.2) is 0 Å². The minimum atomic E-state index is -0.145. The first kappa shape index (κ1) is 10.5. The van der Waals surface area contributed by atoms with Gasteiger partial charge in [0.05, 0.1) is 0 Å². The summed E-state index contributed by atoms with van der Waals surface area (Å²) in [5.41, 5.74) is 11.2. The van der Waals surface area contributed by atoms with Crippen molar-refractivity contribution in [3.8, 4) is 0 Å². The van der Waals surface area contributed by atoms with E-state index in [2.05, 4.69) is 13.8 Å². The van der Waals surface area contributed by atoms with E-state index >= 15 is 0 Å². The highest BCUT2D eigenvalue weighted by Gasteiger charge is 2.31. The van der Waals surface area contributed by atoms with E-state index in [-0.39, 0.29) is 17.4 Å². The van der Waals surface area contributed by atoms with Gasteiger partial charge in [-0.3, -0.25) is 4.79 Å². The second-order valence-electron chi connectivity index (χ2n) is 4.77. The molecule has 0 atom stereocenters. The number of rotatable bonds is 2. The molecule has 0 spiro atoms. The van der Waals surface area contributed by atoms with Crippen molar-refractivity contribution in [2.24, 2.45) is 23.3 Å². The smallest absolute Gasteiger partial charge is 0.220 e. The molecule has 0 radical (unpaired) electrons. The van der Waals surface area contributed by atoms with Gasteiger partial charge >= 0.3 is 0 Å². The van der Waals surface area contributed by atoms with Crippen molar-refractivity contribution < 1.29 is 4.79 Å². The van der Waals surface area contributed by atoms with E-state index in [1.54, 1.807) is 0 Å². The fraction of sp³-hybridized carbons (Fsp3) is 0.900. The zero-order valence-electron chi connectivity index (χ0n) is 8.55. The molecule has 0 aromatic carbocycles. The molecule has 1 fully saturated rings. The lowest BCUT2D eigenvalue weighted by Gasteiger charge is -2.35. The van der Waals surface area contributed by atoms with Crippen LogP contribution in [0.25, 0.3) is 0 Å². The zero-order chi connectivity index (χ0) is 10.1. The molecule has 1 amide bonds. The third kappa shape index (κ3) is 2.69. The van der Waals surface area contributed by atoms with Crippen molar-refractivity contribution in [2.75, 3.05) is 0 Å². The molecule has 0 aromatic rings. The first-order valence-corrected chi connectivity index (χ1v) is 4.99. The summed E-state index contributed by atoms with van der Waals surface area (Å²) in [6.07, 6.45) is 3.91. The number of carbonyl (C=O) groups excluding carboxylic acids is 1. The molecule has 0 saturated heterocycles. The van der Waals surface area contributed by atoms with Gasteiger partial charge in [-0.2, -0.15) is 0 Å². The summed E-state index contributed by atoms with van der Waals surface area (Å²) in [4.78, 5) is 10.9. The molecule has 3 nitrogen and oxygen atoms in total. The van der Waals surface area contributed by atoms with Gasteiger partial charge in [-0.05, 0) is 45.4 Å². The molecule has 4 N–H and O–H groups in total. The van der Waals surface area contributed by atoms with Gasteiger partial charge in [0.2, 0.25) is 5.91 Å². The Morgan fingerprint density at radius 2 is 1.69 bits per heavy atom. The minimum absolute atomic E-state index is 0.0959. The summed E-state index contributed by atoms with van der Waals surface area (Å²) >= 11 is 0. The van der Waals surface area contributed by atoms with Crippen LogP contribution in [0.2, 0.25) is 0 Å². The minimum Gasteiger partial charge on any atom is -0.369 e. The van der Waals surface area contributed by atoms with E-state index in [4.69, 9.17) is 11.5 Å². The zero-order valence-corrected chi connectivity index (χ0v) is 8.55. The molecule has 0 bridgehead atoms. The SMILES string of the molecule is CC(C)(N)C1CCC(C(N)=O)CC1. The number of hydrogen-bond donors (Lipinski definition) is 2. The van der Waals surface area contributed by atoms with E-state index in [0.717, 1.165) is 25.7 Å². The summed E-state index contributed by atoms with van der Waals surface area (Å²) < 4.78 is 0. The van der Waals surface area contributed by atoms with Crippen molar-refractivity contribution in [3.05, 3.63) is 0 Å². The van der Waals surface area contributed by atoms with E-state index in [0.29, 0.717) is 5.92 Å². The second kappa shape index (κ2) is 3.66. The van der Waals surface area contributed by atoms with Crippen LogP contribution < -0.4 is 11.5 Å². The van der Waals surface area contributed by atoms with Crippen LogP contribution in [0.3, 0.4) is 0 Å². The number of carbonyl (C=O) groups is 1. The van der Waals surface area contributed by atoms with Crippen LogP contribution >= 0.6 is 0 Å². The lowest BCUT2D eigenvalue weighted by Crippen LogP contribution is -2.43. The quantitative estimate of drug-likeness (QED) is 0.672. The van der Waals surface area contributed by atoms with Crippen molar-refractivity contribution in [2.45, 2.75) is 45.1 Å². The standard InChI is InChI=1S/C10H20N2O/c1-10(2,12)8-5-3-7(4-6-8)9(11)13/h7-8H,3-6,12H2,1-2H3,(H2,11,13). The normalized spacial score (nSPS) is 30.1. The lowest BCUT2D eigenvalue weighted by molar-refractivity contribution is -0.123. The van der Waals surface area contributed by atoms with Gasteiger partial charge in [-0.1, -0.05) is 0 Å². The summed E-state index contributed by atoms with van der Waals surface area (Å²) in [6.45, 7) is 4.12. The van der Waals surface area contributed by atoms with Gasteiger partial charge in [-0.25, -0.2) is 0 Å². The summed E-state index contributed by atoms with van der Waals surface area (Å²) in [5, 5.41) is 0. The van der Waals surface area contributed by atoms with Crippen LogP contribution in [0.4, 0.5) is 0 Å². The Morgan fingerprint density at radius 3 is 2.00 bits per heavy atom. The van der Waals surface area contributed by atoms with E-state index in [1.165, 1.54) is 0 Å². The fourth-order valence-electron chi connectivity index (χ4n) is 2.12. The number of amides is 1. The maximum absolute atomic E-state index is 10.9. The molecule has 0 aliphatic heterocycles. The maximum atomic E-state index is 10.9. The van der Waals surface area contributed by atoms with Gasteiger partial charge in [0.1, 0.15) is 0 Å². The Kier molecular flexibility index (Phi) is 2.96. The van der Waals surface area contributed by atoms with E-state index < -0.39 is 0 Å². The molecule has 1 saturated carbocycles. The third-order valence-corrected chi connectivity index (χ3v) is 3.18. The Balaban J connectivity index is 2.44. The second-order valence-corrected chi connectivity index (χ2v) is 4.77. The molecular weight excluding hydrogens is 164 g/mol. The Labute approximate surface area is 79.9 Å². The van der Waals surface area contributed by atoms with Gasteiger partial charge in [0.25, 0.3) is 0 Å². The maximum Gasteiger partial charge on any atom is 0.220 e. The Morgan fingerprint density at radius 1 is 1.23 bits per heavy atom. The van der Waals surface area contributed by atoms with E-state index in [1.807, 2.05) is 0 Å². The van der Waals surface area contributed by atoms with E-state index in [9.17, 15) is 4.79 Å².